The van der Waals surface area contributed by atoms with Gasteiger partial charge >= 0.3 is 11.5 Å². The Kier molecular flexibility index (Phi) is 3.61. The molecule has 1 aliphatic heterocycles. The van der Waals surface area contributed by atoms with E-state index in [0.29, 0.717) is 0 Å². The largest absolute Gasteiger partial charge is 0.467 e. The van der Waals surface area contributed by atoms with Gasteiger partial charge in [0.1, 0.15) is 11.5 Å². The molecule has 2 heterocycles. The third kappa shape index (κ3) is 2.58. The molecule has 2 aliphatic rings. The van der Waals surface area contributed by atoms with Crippen LogP contribution in [0.3, 0.4) is 0 Å². The van der Waals surface area contributed by atoms with Crippen LogP contribution in [0.1, 0.15) is 37.2 Å². The lowest BCUT2D eigenvalue weighted by molar-refractivity contribution is 0.304. The van der Waals surface area contributed by atoms with E-state index >= 15 is 0 Å². The molecule has 1 aliphatic carbocycles. The van der Waals surface area contributed by atoms with Gasteiger partial charge in [-0.2, -0.15) is 0 Å². The summed E-state index contributed by atoms with van der Waals surface area (Å²) < 4.78 is 11.8. The van der Waals surface area contributed by atoms with E-state index in [0.717, 1.165) is 41.4 Å². The molecular weight excluding hydrogens is 296 g/mol. The van der Waals surface area contributed by atoms with E-state index in [2.05, 4.69) is 37.3 Å². The quantitative estimate of drug-likeness (QED) is 0.595. The molecule has 1 aromatic carbocycles. The molecule has 24 heavy (non-hydrogen) atoms. The van der Waals surface area contributed by atoms with Crippen LogP contribution in [0.15, 0.2) is 70.1 Å². The summed E-state index contributed by atoms with van der Waals surface area (Å²) in [6.45, 7) is 6.09. The van der Waals surface area contributed by atoms with E-state index in [1.165, 1.54) is 22.3 Å². The highest BCUT2D eigenvalue weighted by Gasteiger charge is 2.29. The summed E-state index contributed by atoms with van der Waals surface area (Å²) in [6, 6.07) is 12.5. The second-order valence-electron chi connectivity index (χ2n) is 6.47. The van der Waals surface area contributed by atoms with Crippen LogP contribution in [0.4, 0.5) is 0 Å². The highest BCUT2D eigenvalue weighted by atomic mass is 16.5. The van der Waals surface area contributed by atoms with E-state index < -0.39 is 0 Å². The van der Waals surface area contributed by atoms with Crippen molar-refractivity contribution in [2.24, 2.45) is 0 Å². The Balaban J connectivity index is 1.89. The molecule has 2 heteroatoms. The normalized spacial score (nSPS) is 16.5. The first-order valence-electron chi connectivity index (χ1n) is 8.42. The zero-order chi connectivity index (χ0) is 16.7. The summed E-state index contributed by atoms with van der Waals surface area (Å²) >= 11 is 0. The Morgan fingerprint density at radius 1 is 0.917 bits per heavy atom. The average molecular weight is 317 g/mol. The second-order valence-corrected chi connectivity index (χ2v) is 6.47. The fourth-order valence-corrected chi connectivity index (χ4v) is 3.64. The van der Waals surface area contributed by atoms with Gasteiger partial charge in [0, 0.05) is 0 Å². The van der Waals surface area contributed by atoms with Crippen LogP contribution in [0.2, 0.25) is 0 Å². The molecule has 0 fully saturated rings. The number of rotatable bonds is 1. The summed E-state index contributed by atoms with van der Waals surface area (Å²) in [7, 11) is 0. The highest BCUT2D eigenvalue weighted by Crippen LogP contribution is 2.40. The van der Waals surface area contributed by atoms with Gasteiger partial charge in [0.15, 0.2) is 0 Å². The van der Waals surface area contributed by atoms with Crippen LogP contribution in [0.25, 0.3) is 16.9 Å². The Morgan fingerprint density at radius 2 is 1.62 bits per heavy atom. The van der Waals surface area contributed by atoms with E-state index in [1.54, 1.807) is 0 Å². The number of benzene rings is 1. The molecule has 0 saturated carbocycles. The number of allylic oxidation sites excluding steroid dienone is 6. The fraction of sp³-hybridized carbons (Fsp3) is 0.227. The van der Waals surface area contributed by atoms with Gasteiger partial charge in [-0.05, 0) is 67.7 Å². The van der Waals surface area contributed by atoms with E-state index in [4.69, 9.17) is 9.15 Å². The topological polar surface area (TPSA) is 20.5 Å². The first-order chi connectivity index (χ1) is 11.6. The smallest absolute Gasteiger partial charge is 0.360 e. The van der Waals surface area contributed by atoms with E-state index in [9.17, 15) is 0 Å². The number of hydrogen-bond acceptors (Lipinski definition) is 1. The third-order valence-corrected chi connectivity index (χ3v) is 4.68. The van der Waals surface area contributed by atoms with Crippen LogP contribution in [-0.2, 0) is 11.2 Å². The zero-order valence-electron chi connectivity index (χ0n) is 14.3. The van der Waals surface area contributed by atoms with Crippen molar-refractivity contribution in [2.75, 3.05) is 0 Å². The molecule has 4 rings (SSSR count). The zero-order valence-corrected chi connectivity index (χ0v) is 14.3. The van der Waals surface area contributed by atoms with Crippen LogP contribution in [-0.4, -0.2) is 0 Å². The van der Waals surface area contributed by atoms with Crippen LogP contribution < -0.4 is 0 Å². The molecule has 0 radical (unpaired) electrons. The van der Waals surface area contributed by atoms with Crippen LogP contribution in [0.5, 0.6) is 0 Å². The molecule has 2 nitrogen and oxygen atoms in total. The average Bonchev–Trinajstić information content (AvgIpc) is 2.99. The maximum atomic E-state index is 6.11. The Bertz CT molecular complexity index is 879. The molecule has 1 aromatic heterocycles. The molecule has 2 aromatic rings. The van der Waals surface area contributed by atoms with Gasteiger partial charge in [-0.25, -0.2) is 4.42 Å². The molecule has 0 bridgehead atoms. The van der Waals surface area contributed by atoms with E-state index in [1.807, 2.05) is 32.0 Å². The highest BCUT2D eigenvalue weighted by molar-refractivity contribution is 5.81. The van der Waals surface area contributed by atoms with Crippen molar-refractivity contribution in [3.8, 4) is 11.3 Å². The molecule has 0 N–H and O–H groups in total. The van der Waals surface area contributed by atoms with Gasteiger partial charge in [0.05, 0.1) is 24.1 Å². The Morgan fingerprint density at radius 3 is 2.33 bits per heavy atom. The molecule has 0 atom stereocenters. The number of fused-ring (bicyclic) bond motifs is 1. The van der Waals surface area contributed by atoms with Gasteiger partial charge in [0.25, 0.3) is 0 Å². The van der Waals surface area contributed by atoms with Gasteiger partial charge in [-0.1, -0.05) is 18.2 Å². The molecule has 120 valence electrons. The fourth-order valence-electron chi connectivity index (χ4n) is 3.64. The number of ether oxygens (including phenoxy) is 1. The third-order valence-electron chi connectivity index (χ3n) is 4.68. The standard InChI is InChI=1S/C22H21O2/c1-14-11-18(12-15(2)23-14)20-10-9-19-16(3)24-22(13-21(19)20)17-7-5-4-6-8-17/h4-8,11-13H,9-10H2,1-3H3/q+1. The van der Waals surface area contributed by atoms with Crippen molar-refractivity contribution in [3.05, 3.63) is 82.5 Å². The van der Waals surface area contributed by atoms with Gasteiger partial charge < -0.3 is 4.74 Å². The maximum Gasteiger partial charge on any atom is 0.360 e. The minimum atomic E-state index is 0.931. The predicted molar refractivity (Wildman–Crippen MR) is 97.1 cm³/mol. The van der Waals surface area contributed by atoms with Crippen LogP contribution in [0, 0.1) is 6.92 Å². The van der Waals surface area contributed by atoms with Crippen molar-refractivity contribution in [2.45, 2.75) is 33.6 Å². The summed E-state index contributed by atoms with van der Waals surface area (Å²) in [6.07, 6.45) is 6.37. The Labute approximate surface area is 142 Å². The SMILES string of the molecule is CC1=CC(=C2CCc3c2cc(-c2ccccc2)[o+]c3C)C=C(C)O1. The first kappa shape index (κ1) is 14.9. The summed E-state index contributed by atoms with van der Waals surface area (Å²) in [4.78, 5) is 0. The van der Waals surface area contributed by atoms with Crippen molar-refractivity contribution in [1.29, 1.82) is 0 Å². The maximum absolute atomic E-state index is 6.11. The molecule has 0 saturated heterocycles. The summed E-state index contributed by atoms with van der Waals surface area (Å²) in [5, 5.41) is 0. The van der Waals surface area contributed by atoms with Crippen molar-refractivity contribution >= 4 is 5.57 Å². The minimum absolute atomic E-state index is 0.931. The number of aryl methyl sites for hydroxylation is 1. The second kappa shape index (κ2) is 5.79. The molecule has 0 amide bonds. The lowest BCUT2D eigenvalue weighted by atomic mass is 9.98. The lowest BCUT2D eigenvalue weighted by Gasteiger charge is -2.14. The molecule has 0 unspecified atom stereocenters. The van der Waals surface area contributed by atoms with Gasteiger partial charge in [-0.15, -0.1) is 0 Å². The monoisotopic (exact) mass is 317 g/mol. The predicted octanol–water partition coefficient (Wildman–Crippen LogP) is 6.07. The summed E-state index contributed by atoms with van der Waals surface area (Å²) in [5.41, 5.74) is 6.43. The van der Waals surface area contributed by atoms with E-state index in [-0.39, 0.29) is 0 Å². The molecule has 0 spiro atoms. The summed E-state index contributed by atoms with van der Waals surface area (Å²) in [5.74, 6) is 3.86. The van der Waals surface area contributed by atoms with Crippen molar-refractivity contribution in [3.63, 3.8) is 0 Å². The lowest BCUT2D eigenvalue weighted by Crippen LogP contribution is -1.97. The van der Waals surface area contributed by atoms with Crippen molar-refractivity contribution in [1.82, 2.24) is 0 Å². The number of hydrogen-bond donors (Lipinski definition) is 0. The minimum Gasteiger partial charge on any atom is -0.467 e. The molecular formula is C22H21O2+. The van der Waals surface area contributed by atoms with Gasteiger partial charge in [-0.3, -0.25) is 0 Å². The van der Waals surface area contributed by atoms with Gasteiger partial charge in [0.2, 0.25) is 0 Å². The van der Waals surface area contributed by atoms with Crippen LogP contribution >= 0.6 is 0 Å². The first-order valence-corrected chi connectivity index (χ1v) is 8.42. The Hall–Kier alpha value is -2.61. The van der Waals surface area contributed by atoms with Crippen molar-refractivity contribution < 1.29 is 9.15 Å².